The van der Waals surface area contributed by atoms with E-state index in [1.807, 2.05) is 25.1 Å². The summed E-state index contributed by atoms with van der Waals surface area (Å²) >= 11 is 0. The third kappa shape index (κ3) is 2.77. The van der Waals surface area contributed by atoms with Crippen molar-refractivity contribution in [2.45, 2.75) is 11.8 Å². The normalized spacial score (nSPS) is 11.5. The zero-order valence-electron chi connectivity index (χ0n) is 10.8. The van der Waals surface area contributed by atoms with Crippen molar-refractivity contribution < 1.29 is 8.42 Å². The van der Waals surface area contributed by atoms with Crippen LogP contribution in [0.15, 0.2) is 47.4 Å². The fourth-order valence-corrected chi connectivity index (χ4v) is 2.61. The number of rotatable bonds is 3. The maximum Gasteiger partial charge on any atom is 0.240 e. The van der Waals surface area contributed by atoms with E-state index in [0.29, 0.717) is 5.69 Å². The van der Waals surface area contributed by atoms with E-state index < -0.39 is 10.0 Å². The summed E-state index contributed by atoms with van der Waals surface area (Å²) in [4.78, 5) is 0.250. The number of anilines is 1. The van der Waals surface area contributed by atoms with Crippen LogP contribution in [0, 0.1) is 6.92 Å². The molecule has 0 atom stereocenters. The fraction of sp³-hybridized carbons (Fsp3) is 0.143. The highest BCUT2D eigenvalue weighted by molar-refractivity contribution is 7.89. The molecule has 0 aliphatic heterocycles. The molecule has 0 unspecified atom stereocenters. The standard InChI is InChI=1S/C14H16N2O2S/c1-10-3-6-12(15)9-14(10)11-4-7-13(8-5-11)19(17,18)16-2/h3-9,16H,15H2,1-2H3. The second-order valence-electron chi connectivity index (χ2n) is 4.31. The van der Waals surface area contributed by atoms with Crippen LogP contribution in [0.3, 0.4) is 0 Å². The molecule has 0 saturated heterocycles. The van der Waals surface area contributed by atoms with Gasteiger partial charge in [-0.25, -0.2) is 13.1 Å². The van der Waals surface area contributed by atoms with Gasteiger partial charge in [0.2, 0.25) is 10.0 Å². The largest absolute Gasteiger partial charge is 0.399 e. The lowest BCUT2D eigenvalue weighted by molar-refractivity contribution is 0.588. The molecule has 0 aromatic heterocycles. The molecule has 100 valence electrons. The van der Waals surface area contributed by atoms with E-state index in [9.17, 15) is 8.42 Å². The predicted octanol–water partition coefficient (Wildman–Crippen LogP) is 2.15. The summed E-state index contributed by atoms with van der Waals surface area (Å²) in [6.07, 6.45) is 0. The summed E-state index contributed by atoms with van der Waals surface area (Å²) in [7, 11) is -2.00. The van der Waals surface area contributed by atoms with Crippen LogP contribution in [-0.2, 0) is 10.0 Å². The lowest BCUT2D eigenvalue weighted by Crippen LogP contribution is -2.18. The van der Waals surface area contributed by atoms with Crippen LogP contribution >= 0.6 is 0 Å². The van der Waals surface area contributed by atoms with E-state index in [0.717, 1.165) is 16.7 Å². The molecule has 0 aliphatic carbocycles. The minimum Gasteiger partial charge on any atom is -0.399 e. The zero-order chi connectivity index (χ0) is 14.0. The van der Waals surface area contributed by atoms with E-state index >= 15 is 0 Å². The van der Waals surface area contributed by atoms with Crippen molar-refractivity contribution in [2.75, 3.05) is 12.8 Å². The molecule has 4 nitrogen and oxygen atoms in total. The quantitative estimate of drug-likeness (QED) is 0.844. The average molecular weight is 276 g/mol. The monoisotopic (exact) mass is 276 g/mol. The van der Waals surface area contributed by atoms with E-state index in [-0.39, 0.29) is 4.90 Å². The van der Waals surface area contributed by atoms with Gasteiger partial charge in [0.05, 0.1) is 4.90 Å². The van der Waals surface area contributed by atoms with Crippen molar-refractivity contribution in [2.24, 2.45) is 0 Å². The lowest BCUT2D eigenvalue weighted by atomic mass is 10.0. The van der Waals surface area contributed by atoms with E-state index in [1.165, 1.54) is 7.05 Å². The number of nitrogen functional groups attached to an aromatic ring is 1. The Hall–Kier alpha value is -1.85. The molecule has 2 aromatic carbocycles. The number of benzene rings is 2. The molecule has 2 aromatic rings. The van der Waals surface area contributed by atoms with Gasteiger partial charge in [-0.1, -0.05) is 18.2 Å². The van der Waals surface area contributed by atoms with Crippen LogP contribution in [0.2, 0.25) is 0 Å². The Morgan fingerprint density at radius 2 is 1.68 bits per heavy atom. The highest BCUT2D eigenvalue weighted by atomic mass is 32.2. The second kappa shape index (κ2) is 5.03. The molecule has 2 rings (SSSR count). The van der Waals surface area contributed by atoms with E-state index in [2.05, 4.69) is 4.72 Å². The molecule has 5 heteroatoms. The van der Waals surface area contributed by atoms with Crippen LogP contribution in [0.4, 0.5) is 5.69 Å². The Morgan fingerprint density at radius 1 is 1.05 bits per heavy atom. The van der Waals surface area contributed by atoms with Crippen LogP contribution < -0.4 is 10.5 Å². The number of hydrogen-bond acceptors (Lipinski definition) is 3. The number of aryl methyl sites for hydroxylation is 1. The molecule has 0 amide bonds. The summed E-state index contributed by atoms with van der Waals surface area (Å²) in [5.41, 5.74) is 9.52. The van der Waals surface area contributed by atoms with E-state index in [4.69, 9.17) is 5.73 Å². The Morgan fingerprint density at radius 3 is 2.26 bits per heavy atom. The molecule has 0 aliphatic rings. The highest BCUT2D eigenvalue weighted by Crippen LogP contribution is 2.26. The van der Waals surface area contributed by atoms with Crippen molar-refractivity contribution >= 4 is 15.7 Å². The van der Waals surface area contributed by atoms with Gasteiger partial charge < -0.3 is 5.73 Å². The number of nitrogens with one attached hydrogen (secondary N) is 1. The van der Waals surface area contributed by atoms with Gasteiger partial charge in [-0.15, -0.1) is 0 Å². The fourth-order valence-electron chi connectivity index (χ4n) is 1.88. The molecule has 3 N–H and O–H groups in total. The van der Waals surface area contributed by atoms with Crippen molar-refractivity contribution in [3.8, 4) is 11.1 Å². The molecule has 0 fully saturated rings. The topological polar surface area (TPSA) is 72.2 Å². The molecular weight excluding hydrogens is 260 g/mol. The Balaban J connectivity index is 2.46. The molecule has 0 heterocycles. The summed E-state index contributed by atoms with van der Waals surface area (Å²) < 4.78 is 25.6. The maximum atomic E-state index is 11.6. The van der Waals surface area contributed by atoms with Gasteiger partial charge in [0.15, 0.2) is 0 Å². The lowest BCUT2D eigenvalue weighted by Gasteiger charge is -2.08. The second-order valence-corrected chi connectivity index (χ2v) is 6.19. The summed E-state index contributed by atoms with van der Waals surface area (Å²) in [5, 5.41) is 0. The molecular formula is C14H16N2O2S. The highest BCUT2D eigenvalue weighted by Gasteiger charge is 2.11. The first kappa shape index (κ1) is 13.6. The average Bonchev–Trinajstić information content (AvgIpc) is 2.42. The van der Waals surface area contributed by atoms with Gasteiger partial charge in [0.25, 0.3) is 0 Å². The van der Waals surface area contributed by atoms with Crippen molar-refractivity contribution in [1.82, 2.24) is 4.72 Å². The maximum absolute atomic E-state index is 11.6. The van der Waals surface area contributed by atoms with Gasteiger partial charge >= 0.3 is 0 Å². The van der Waals surface area contributed by atoms with Gasteiger partial charge in [0.1, 0.15) is 0 Å². The summed E-state index contributed by atoms with van der Waals surface area (Å²) in [6, 6.07) is 12.4. The third-order valence-electron chi connectivity index (χ3n) is 3.01. The first-order valence-electron chi connectivity index (χ1n) is 5.84. The third-order valence-corrected chi connectivity index (χ3v) is 4.44. The first-order valence-corrected chi connectivity index (χ1v) is 7.32. The van der Waals surface area contributed by atoms with Crippen LogP contribution in [0.1, 0.15) is 5.56 Å². The van der Waals surface area contributed by atoms with Crippen LogP contribution in [0.5, 0.6) is 0 Å². The minimum absolute atomic E-state index is 0.250. The number of nitrogens with two attached hydrogens (primary N) is 1. The summed E-state index contributed by atoms with van der Waals surface area (Å²) in [6.45, 7) is 1.99. The molecule has 19 heavy (non-hydrogen) atoms. The molecule has 0 bridgehead atoms. The molecule has 0 spiro atoms. The van der Waals surface area contributed by atoms with Gasteiger partial charge in [-0.05, 0) is 54.9 Å². The van der Waals surface area contributed by atoms with E-state index in [1.54, 1.807) is 24.3 Å². The van der Waals surface area contributed by atoms with Gasteiger partial charge in [-0.2, -0.15) is 0 Å². The number of hydrogen-bond donors (Lipinski definition) is 2. The summed E-state index contributed by atoms with van der Waals surface area (Å²) in [5.74, 6) is 0. The van der Waals surface area contributed by atoms with Crippen molar-refractivity contribution in [1.29, 1.82) is 0 Å². The molecule has 0 saturated carbocycles. The first-order chi connectivity index (χ1) is 8.94. The number of sulfonamides is 1. The van der Waals surface area contributed by atoms with Crippen molar-refractivity contribution in [3.05, 3.63) is 48.0 Å². The van der Waals surface area contributed by atoms with Crippen molar-refractivity contribution in [3.63, 3.8) is 0 Å². The smallest absolute Gasteiger partial charge is 0.240 e. The van der Waals surface area contributed by atoms with Gasteiger partial charge in [-0.3, -0.25) is 0 Å². The van der Waals surface area contributed by atoms with Crippen LogP contribution in [0.25, 0.3) is 11.1 Å². The Labute approximate surface area is 113 Å². The van der Waals surface area contributed by atoms with Gasteiger partial charge in [0, 0.05) is 5.69 Å². The Kier molecular flexibility index (Phi) is 3.59. The SMILES string of the molecule is CNS(=O)(=O)c1ccc(-c2cc(N)ccc2C)cc1. The molecule has 0 radical (unpaired) electrons. The Bertz CT molecular complexity index is 692. The predicted molar refractivity (Wildman–Crippen MR) is 77.3 cm³/mol. The zero-order valence-corrected chi connectivity index (χ0v) is 11.7. The van der Waals surface area contributed by atoms with Crippen LogP contribution in [-0.4, -0.2) is 15.5 Å². The minimum atomic E-state index is -3.39.